The van der Waals surface area contributed by atoms with E-state index < -0.39 is 29.2 Å². The smallest absolute Gasteiger partial charge is 0.255 e. The van der Waals surface area contributed by atoms with Crippen molar-refractivity contribution in [3.8, 4) is 0 Å². The fourth-order valence-electron chi connectivity index (χ4n) is 1.42. The molecule has 0 fully saturated rings. The van der Waals surface area contributed by atoms with E-state index in [0.29, 0.717) is 12.1 Å². The van der Waals surface area contributed by atoms with Crippen LogP contribution in [0.5, 0.6) is 0 Å². The van der Waals surface area contributed by atoms with Gasteiger partial charge < -0.3 is 5.32 Å². The summed E-state index contributed by atoms with van der Waals surface area (Å²) in [4.78, 5) is 11.7. The fraction of sp³-hybridized carbons (Fsp3) is 0. The van der Waals surface area contributed by atoms with Crippen molar-refractivity contribution in [1.29, 1.82) is 0 Å². The molecule has 2 rings (SSSR count). The van der Waals surface area contributed by atoms with E-state index >= 15 is 0 Å². The van der Waals surface area contributed by atoms with E-state index in [1.807, 2.05) is 0 Å². The number of carbonyl (C=O) groups excluding carboxylic acids is 1. The van der Waals surface area contributed by atoms with Crippen molar-refractivity contribution in [2.75, 3.05) is 5.32 Å². The summed E-state index contributed by atoms with van der Waals surface area (Å²) in [6.07, 6.45) is 0. The van der Waals surface area contributed by atoms with Gasteiger partial charge in [-0.1, -0.05) is 0 Å². The maximum Gasteiger partial charge on any atom is 0.255 e. The molecule has 0 spiro atoms. The lowest BCUT2D eigenvalue weighted by atomic mass is 10.2. The molecule has 2 aromatic carbocycles. The number of rotatable bonds is 2. The molecule has 2 aromatic rings. The average Bonchev–Trinajstić information content (AvgIpc) is 2.38. The second-order valence-electron chi connectivity index (χ2n) is 3.71. The number of benzene rings is 2. The van der Waals surface area contributed by atoms with Gasteiger partial charge in [0, 0.05) is 11.3 Å². The van der Waals surface area contributed by atoms with Gasteiger partial charge in [-0.2, -0.15) is 0 Å². The Hall–Kier alpha value is -2.37. The first-order valence-electron chi connectivity index (χ1n) is 5.19. The van der Waals surface area contributed by atoms with Crippen LogP contribution < -0.4 is 5.32 Å². The largest absolute Gasteiger partial charge is 0.322 e. The van der Waals surface area contributed by atoms with Gasteiger partial charge in [-0.3, -0.25) is 4.79 Å². The quantitative estimate of drug-likeness (QED) is 0.656. The molecule has 2 nitrogen and oxygen atoms in total. The van der Waals surface area contributed by atoms with E-state index in [1.165, 1.54) is 12.1 Å². The van der Waals surface area contributed by atoms with Gasteiger partial charge in [0.05, 0.1) is 0 Å². The van der Waals surface area contributed by atoms with E-state index in [9.17, 15) is 22.4 Å². The van der Waals surface area contributed by atoms with Crippen LogP contribution >= 0.6 is 0 Å². The number of carbonyl (C=O) groups is 1. The molecule has 0 saturated carbocycles. The van der Waals surface area contributed by atoms with Crippen LogP contribution in [0.15, 0.2) is 36.4 Å². The van der Waals surface area contributed by atoms with Crippen LogP contribution in [0, 0.1) is 23.3 Å². The summed E-state index contributed by atoms with van der Waals surface area (Å²) in [5.41, 5.74) is -0.128. The van der Waals surface area contributed by atoms with Crippen molar-refractivity contribution < 1.29 is 22.4 Å². The molecular formula is C13H7F4NO. The third kappa shape index (κ3) is 2.90. The molecule has 98 valence electrons. The van der Waals surface area contributed by atoms with Crippen LogP contribution in [-0.4, -0.2) is 5.91 Å². The van der Waals surface area contributed by atoms with Crippen molar-refractivity contribution in [3.05, 3.63) is 65.2 Å². The van der Waals surface area contributed by atoms with E-state index in [-0.39, 0.29) is 11.3 Å². The summed E-state index contributed by atoms with van der Waals surface area (Å²) in [7, 11) is 0. The van der Waals surface area contributed by atoms with Gasteiger partial charge >= 0.3 is 0 Å². The molecule has 0 bridgehead atoms. The van der Waals surface area contributed by atoms with E-state index in [1.54, 1.807) is 0 Å². The third-order valence-electron chi connectivity index (χ3n) is 2.35. The van der Waals surface area contributed by atoms with Crippen LogP contribution in [0.1, 0.15) is 10.4 Å². The van der Waals surface area contributed by atoms with E-state index in [4.69, 9.17) is 0 Å². The zero-order chi connectivity index (χ0) is 14.0. The molecule has 0 saturated heterocycles. The Labute approximate surface area is 105 Å². The first-order chi connectivity index (χ1) is 8.97. The highest BCUT2D eigenvalue weighted by Crippen LogP contribution is 2.15. The predicted octanol–water partition coefficient (Wildman–Crippen LogP) is 3.50. The summed E-state index contributed by atoms with van der Waals surface area (Å²) in [5, 5.41) is 2.30. The molecule has 0 aromatic heterocycles. The standard InChI is InChI=1S/C13H7F4NO/c14-8-1-3-9(4-2-8)18-13(19)7-5-10(15)12(17)11(16)6-7/h1-6H,(H,18,19). The molecule has 0 unspecified atom stereocenters. The molecule has 1 N–H and O–H groups in total. The highest BCUT2D eigenvalue weighted by Gasteiger charge is 2.15. The third-order valence-corrected chi connectivity index (χ3v) is 2.35. The lowest BCUT2D eigenvalue weighted by Gasteiger charge is -2.06. The Morgan fingerprint density at radius 2 is 1.42 bits per heavy atom. The summed E-state index contributed by atoms with van der Waals surface area (Å²) in [6.45, 7) is 0. The molecule has 0 aliphatic carbocycles. The SMILES string of the molecule is O=C(Nc1ccc(F)cc1)c1cc(F)c(F)c(F)c1. The number of hydrogen-bond donors (Lipinski definition) is 1. The molecule has 6 heteroatoms. The Balaban J connectivity index is 2.23. The lowest BCUT2D eigenvalue weighted by molar-refractivity contribution is 0.102. The Morgan fingerprint density at radius 3 is 1.95 bits per heavy atom. The summed E-state index contributed by atoms with van der Waals surface area (Å²) < 4.78 is 51.3. The average molecular weight is 269 g/mol. The summed E-state index contributed by atoms with van der Waals surface area (Å²) in [5.74, 6) is -5.87. The Bertz CT molecular complexity index is 602. The molecule has 0 aliphatic rings. The van der Waals surface area contributed by atoms with Crippen LogP contribution in [0.3, 0.4) is 0 Å². The minimum Gasteiger partial charge on any atom is -0.322 e. The molecule has 19 heavy (non-hydrogen) atoms. The van der Waals surface area contributed by atoms with Gasteiger partial charge in [-0.25, -0.2) is 17.6 Å². The lowest BCUT2D eigenvalue weighted by Crippen LogP contribution is -2.13. The number of nitrogens with one attached hydrogen (secondary N) is 1. The number of halogens is 4. The predicted molar refractivity (Wildman–Crippen MR) is 60.7 cm³/mol. The number of anilines is 1. The minimum absolute atomic E-state index is 0.247. The maximum absolute atomic E-state index is 12.9. The molecule has 0 radical (unpaired) electrons. The highest BCUT2D eigenvalue weighted by molar-refractivity contribution is 6.04. The number of hydrogen-bond acceptors (Lipinski definition) is 1. The zero-order valence-electron chi connectivity index (χ0n) is 9.38. The molecule has 0 atom stereocenters. The van der Waals surface area contributed by atoms with Crippen LogP contribution in [-0.2, 0) is 0 Å². The summed E-state index contributed by atoms with van der Waals surface area (Å²) >= 11 is 0. The van der Waals surface area contributed by atoms with Gasteiger partial charge in [-0.15, -0.1) is 0 Å². The van der Waals surface area contributed by atoms with E-state index in [2.05, 4.69) is 5.32 Å². The second-order valence-corrected chi connectivity index (χ2v) is 3.71. The topological polar surface area (TPSA) is 29.1 Å². The van der Waals surface area contributed by atoms with Crippen molar-refractivity contribution in [1.82, 2.24) is 0 Å². The van der Waals surface area contributed by atoms with Crippen molar-refractivity contribution in [2.24, 2.45) is 0 Å². The fourth-order valence-corrected chi connectivity index (χ4v) is 1.42. The van der Waals surface area contributed by atoms with Gasteiger partial charge in [0.2, 0.25) is 0 Å². The van der Waals surface area contributed by atoms with Crippen LogP contribution in [0.2, 0.25) is 0 Å². The molecule has 0 heterocycles. The normalized spacial score (nSPS) is 10.3. The van der Waals surface area contributed by atoms with Gasteiger partial charge in [0.15, 0.2) is 17.5 Å². The van der Waals surface area contributed by atoms with Crippen molar-refractivity contribution >= 4 is 11.6 Å². The number of amides is 1. The molecule has 0 aliphatic heterocycles. The summed E-state index contributed by atoms with van der Waals surface area (Å²) in [6, 6.07) is 5.95. The minimum atomic E-state index is -1.64. The van der Waals surface area contributed by atoms with Crippen molar-refractivity contribution in [3.63, 3.8) is 0 Å². The van der Waals surface area contributed by atoms with E-state index in [0.717, 1.165) is 12.1 Å². The Morgan fingerprint density at radius 1 is 0.895 bits per heavy atom. The second kappa shape index (κ2) is 5.09. The monoisotopic (exact) mass is 269 g/mol. The van der Waals surface area contributed by atoms with Gasteiger partial charge in [0.1, 0.15) is 5.82 Å². The molecular weight excluding hydrogens is 262 g/mol. The highest BCUT2D eigenvalue weighted by atomic mass is 19.2. The maximum atomic E-state index is 12.9. The van der Waals surface area contributed by atoms with Crippen LogP contribution in [0.25, 0.3) is 0 Å². The first-order valence-corrected chi connectivity index (χ1v) is 5.19. The Kier molecular flexibility index (Phi) is 3.50. The molecule has 1 amide bonds. The van der Waals surface area contributed by atoms with Crippen molar-refractivity contribution in [2.45, 2.75) is 0 Å². The van der Waals surface area contributed by atoms with Gasteiger partial charge in [-0.05, 0) is 36.4 Å². The first kappa shape index (κ1) is 13.1. The van der Waals surface area contributed by atoms with Gasteiger partial charge in [0.25, 0.3) is 5.91 Å². The zero-order valence-corrected chi connectivity index (χ0v) is 9.38. The van der Waals surface area contributed by atoms with Crippen LogP contribution in [0.4, 0.5) is 23.2 Å².